The number of hydrogen-bond donors (Lipinski definition) is 1. The molecule has 106 valence electrons. The van der Waals surface area contributed by atoms with Gasteiger partial charge < -0.3 is 4.98 Å². The lowest BCUT2D eigenvalue weighted by Gasteiger charge is -2.13. The fourth-order valence-corrected chi connectivity index (χ4v) is 3.36. The molecule has 1 saturated carbocycles. The molecule has 4 nitrogen and oxygen atoms in total. The molecule has 1 aliphatic carbocycles. The lowest BCUT2D eigenvalue weighted by molar-refractivity contribution is 0.586. The first-order chi connectivity index (χ1) is 9.36. The molecule has 3 rings (SSSR count). The number of aromatic amines is 1. The van der Waals surface area contributed by atoms with Crippen molar-refractivity contribution in [1.29, 1.82) is 0 Å². The molecule has 0 saturated heterocycles. The van der Waals surface area contributed by atoms with Gasteiger partial charge in [-0.25, -0.2) is 9.97 Å². The van der Waals surface area contributed by atoms with Gasteiger partial charge in [-0.2, -0.15) is 0 Å². The third-order valence-electron chi connectivity index (χ3n) is 3.24. The zero-order chi connectivity index (χ0) is 14.5. The van der Waals surface area contributed by atoms with Crippen LogP contribution in [0.25, 0.3) is 11.5 Å². The molecule has 1 aliphatic rings. The van der Waals surface area contributed by atoms with Gasteiger partial charge in [0.25, 0.3) is 5.56 Å². The molecule has 0 radical (unpaired) electrons. The van der Waals surface area contributed by atoms with Crippen LogP contribution in [0.1, 0.15) is 50.2 Å². The molecule has 20 heavy (non-hydrogen) atoms. The van der Waals surface area contributed by atoms with E-state index >= 15 is 0 Å². The summed E-state index contributed by atoms with van der Waals surface area (Å²) in [6, 6.07) is 0. The molecular weight excluding hydrogens is 338 g/mol. The van der Waals surface area contributed by atoms with Crippen LogP contribution >= 0.6 is 27.3 Å². The Morgan fingerprint density at radius 1 is 1.35 bits per heavy atom. The number of nitrogens with zero attached hydrogens (tertiary/aromatic N) is 2. The molecular formula is C14H16BrN3OS. The molecule has 0 amide bonds. The number of halogens is 1. The Balaban J connectivity index is 2.06. The zero-order valence-corrected chi connectivity index (χ0v) is 14.1. The quantitative estimate of drug-likeness (QED) is 0.892. The second-order valence-corrected chi connectivity index (χ2v) is 7.83. The fraction of sp³-hybridized carbons (Fsp3) is 0.500. The minimum Gasteiger partial charge on any atom is -0.304 e. The van der Waals surface area contributed by atoms with E-state index in [1.54, 1.807) is 11.3 Å². The second-order valence-electron chi connectivity index (χ2n) is 6.18. The van der Waals surface area contributed by atoms with Crippen LogP contribution in [-0.4, -0.2) is 15.0 Å². The van der Waals surface area contributed by atoms with Gasteiger partial charge in [-0.15, -0.1) is 11.3 Å². The highest BCUT2D eigenvalue weighted by atomic mass is 79.9. The van der Waals surface area contributed by atoms with Crippen LogP contribution in [0.2, 0.25) is 0 Å². The smallest absolute Gasteiger partial charge is 0.265 e. The van der Waals surface area contributed by atoms with Crippen molar-refractivity contribution in [3.8, 4) is 11.5 Å². The van der Waals surface area contributed by atoms with Crippen molar-refractivity contribution in [2.24, 2.45) is 0 Å². The molecule has 2 aromatic rings. The molecule has 2 aromatic heterocycles. The standard InChI is InChI=1S/C14H16BrN3OS/c1-14(2,3)13-16-8(6-20-13)11-17-10(7-4-5-7)9(15)12(19)18-11/h6-7H,4-5H2,1-3H3,(H,17,18,19). The predicted octanol–water partition coefficient (Wildman–Crippen LogP) is 3.83. The van der Waals surface area contributed by atoms with E-state index in [1.165, 1.54) is 0 Å². The summed E-state index contributed by atoms with van der Waals surface area (Å²) in [5.41, 5.74) is 1.51. The van der Waals surface area contributed by atoms with Gasteiger partial charge in [-0.3, -0.25) is 4.79 Å². The summed E-state index contributed by atoms with van der Waals surface area (Å²) in [6.07, 6.45) is 2.22. The lowest BCUT2D eigenvalue weighted by atomic mass is 9.98. The van der Waals surface area contributed by atoms with Crippen molar-refractivity contribution in [2.75, 3.05) is 0 Å². The Morgan fingerprint density at radius 3 is 2.60 bits per heavy atom. The fourth-order valence-electron chi connectivity index (χ4n) is 1.95. The summed E-state index contributed by atoms with van der Waals surface area (Å²) in [6.45, 7) is 6.38. The maximum atomic E-state index is 12.0. The van der Waals surface area contributed by atoms with E-state index in [9.17, 15) is 4.79 Å². The zero-order valence-electron chi connectivity index (χ0n) is 11.7. The Hall–Kier alpha value is -1.01. The van der Waals surface area contributed by atoms with E-state index in [-0.39, 0.29) is 11.0 Å². The van der Waals surface area contributed by atoms with Crippen LogP contribution in [0.4, 0.5) is 0 Å². The van der Waals surface area contributed by atoms with Crippen molar-refractivity contribution < 1.29 is 0 Å². The molecule has 1 fully saturated rings. The van der Waals surface area contributed by atoms with E-state index in [0.29, 0.717) is 16.2 Å². The molecule has 0 aliphatic heterocycles. The number of H-pyrrole nitrogens is 1. The summed E-state index contributed by atoms with van der Waals surface area (Å²) in [7, 11) is 0. The molecule has 0 unspecified atom stereocenters. The maximum absolute atomic E-state index is 12.0. The van der Waals surface area contributed by atoms with Gasteiger partial charge in [0.15, 0.2) is 5.82 Å². The van der Waals surface area contributed by atoms with Gasteiger partial charge in [0, 0.05) is 16.7 Å². The third-order valence-corrected chi connectivity index (χ3v) is 5.28. The third kappa shape index (κ3) is 2.59. The molecule has 2 heterocycles. The molecule has 0 atom stereocenters. The first-order valence-electron chi connectivity index (χ1n) is 6.62. The van der Waals surface area contributed by atoms with Crippen molar-refractivity contribution in [3.63, 3.8) is 0 Å². The molecule has 0 spiro atoms. The Morgan fingerprint density at radius 2 is 2.05 bits per heavy atom. The lowest BCUT2D eigenvalue weighted by Crippen LogP contribution is -2.14. The van der Waals surface area contributed by atoms with Crippen LogP contribution in [-0.2, 0) is 5.41 Å². The van der Waals surface area contributed by atoms with Gasteiger partial charge in [-0.1, -0.05) is 20.8 Å². The minimum absolute atomic E-state index is 0.0118. The maximum Gasteiger partial charge on any atom is 0.265 e. The topological polar surface area (TPSA) is 58.6 Å². The normalized spacial score (nSPS) is 15.6. The van der Waals surface area contributed by atoms with Crippen LogP contribution in [0.3, 0.4) is 0 Å². The summed E-state index contributed by atoms with van der Waals surface area (Å²) in [5, 5.41) is 3.01. The predicted molar refractivity (Wildman–Crippen MR) is 84.3 cm³/mol. The highest BCUT2D eigenvalue weighted by Crippen LogP contribution is 2.41. The Labute approximate surface area is 129 Å². The van der Waals surface area contributed by atoms with Crippen molar-refractivity contribution in [2.45, 2.75) is 44.9 Å². The molecule has 6 heteroatoms. The largest absolute Gasteiger partial charge is 0.304 e. The Bertz CT molecular complexity index is 710. The SMILES string of the molecule is CC(C)(C)c1nc(-c2nc(C3CC3)c(Br)c(=O)[nH]2)cs1. The highest BCUT2D eigenvalue weighted by Gasteiger charge is 2.29. The van der Waals surface area contributed by atoms with Crippen molar-refractivity contribution >= 4 is 27.3 Å². The van der Waals surface area contributed by atoms with Gasteiger partial charge in [0.05, 0.1) is 10.7 Å². The van der Waals surface area contributed by atoms with E-state index in [2.05, 4.69) is 51.7 Å². The number of aromatic nitrogens is 3. The van der Waals surface area contributed by atoms with Crippen LogP contribution < -0.4 is 5.56 Å². The van der Waals surface area contributed by atoms with E-state index in [0.717, 1.165) is 29.2 Å². The summed E-state index contributed by atoms with van der Waals surface area (Å²) >= 11 is 4.95. The molecule has 0 bridgehead atoms. The summed E-state index contributed by atoms with van der Waals surface area (Å²) in [4.78, 5) is 24.0. The monoisotopic (exact) mass is 353 g/mol. The summed E-state index contributed by atoms with van der Waals surface area (Å²) in [5.74, 6) is 0.998. The first kappa shape index (κ1) is 13.9. The van der Waals surface area contributed by atoms with Gasteiger partial charge in [-0.05, 0) is 28.8 Å². The van der Waals surface area contributed by atoms with Crippen LogP contribution in [0.5, 0.6) is 0 Å². The van der Waals surface area contributed by atoms with Gasteiger partial charge >= 0.3 is 0 Å². The van der Waals surface area contributed by atoms with E-state index in [4.69, 9.17) is 0 Å². The van der Waals surface area contributed by atoms with Gasteiger partial charge in [0.2, 0.25) is 0 Å². The second kappa shape index (κ2) is 4.77. The number of rotatable bonds is 2. The highest BCUT2D eigenvalue weighted by molar-refractivity contribution is 9.10. The average Bonchev–Trinajstić information content (AvgIpc) is 3.06. The van der Waals surface area contributed by atoms with E-state index < -0.39 is 0 Å². The number of thiazole rings is 1. The number of nitrogens with one attached hydrogen (secondary N) is 1. The van der Waals surface area contributed by atoms with Gasteiger partial charge in [0.1, 0.15) is 10.2 Å². The van der Waals surface area contributed by atoms with Crippen LogP contribution in [0, 0.1) is 0 Å². The van der Waals surface area contributed by atoms with Crippen molar-refractivity contribution in [3.05, 3.63) is 30.9 Å². The molecule has 1 N–H and O–H groups in total. The summed E-state index contributed by atoms with van der Waals surface area (Å²) < 4.78 is 0.565. The van der Waals surface area contributed by atoms with Crippen LogP contribution in [0.15, 0.2) is 14.6 Å². The Kier molecular flexibility index (Phi) is 3.33. The van der Waals surface area contributed by atoms with E-state index in [1.807, 2.05) is 5.38 Å². The first-order valence-corrected chi connectivity index (χ1v) is 8.29. The average molecular weight is 354 g/mol. The minimum atomic E-state index is -0.123. The molecule has 0 aromatic carbocycles. The van der Waals surface area contributed by atoms with Crippen molar-refractivity contribution in [1.82, 2.24) is 15.0 Å². The number of hydrogen-bond acceptors (Lipinski definition) is 4.